The van der Waals surface area contributed by atoms with Crippen LogP contribution in [-0.4, -0.2) is 152 Å². The molecule has 0 spiro atoms. The van der Waals surface area contributed by atoms with Gasteiger partial charge >= 0.3 is 12.1 Å². The molecule has 3 aliphatic heterocycles. The topological polar surface area (TPSA) is 288 Å². The van der Waals surface area contributed by atoms with Crippen LogP contribution in [0.5, 0.6) is 0 Å². The molecule has 83 heavy (non-hydrogen) atoms. The van der Waals surface area contributed by atoms with E-state index in [4.69, 9.17) is 15.5 Å². The fourth-order valence-electron chi connectivity index (χ4n) is 10.8. The highest BCUT2D eigenvalue weighted by Gasteiger charge is 2.51. The van der Waals surface area contributed by atoms with E-state index in [0.29, 0.717) is 50.9 Å². The number of nitrogens with one attached hydrogen (secondary N) is 4. The third-order valence-electron chi connectivity index (χ3n) is 15.2. The number of halogens is 3. The van der Waals surface area contributed by atoms with Crippen molar-refractivity contribution in [3.63, 3.8) is 0 Å². The number of imidazole rings is 1. The van der Waals surface area contributed by atoms with Crippen LogP contribution in [0.1, 0.15) is 95.1 Å². The molecule has 0 aliphatic carbocycles. The second kappa shape index (κ2) is 28.7. The second-order valence-electron chi connectivity index (χ2n) is 21.8. The number of nitrogens with zero attached hydrogens (tertiary/aromatic N) is 5. The maximum Gasteiger partial charge on any atom is 0.407 e. The number of primary amides is 1. The van der Waals surface area contributed by atoms with Crippen molar-refractivity contribution in [3.05, 3.63) is 120 Å². The smallest absolute Gasteiger partial charge is 0.407 e. The highest BCUT2D eigenvalue weighted by Crippen LogP contribution is 2.42. The van der Waals surface area contributed by atoms with Crippen LogP contribution in [0.2, 0.25) is 0 Å². The van der Waals surface area contributed by atoms with Crippen LogP contribution in [0.25, 0.3) is 11.3 Å². The van der Waals surface area contributed by atoms with Gasteiger partial charge in [-0.1, -0.05) is 62.7 Å². The number of nitrogens with two attached hydrogens (primary N) is 1. The molecule has 4 aromatic rings. The standard InChI is InChI=1S/C59H73F3N10O11/c1-36(2)51(68-48(74)14-8-5-9-26-71-49(75)21-22-50(71)76)55(78)67-46(13-10-25-64-57(63)80)54(77)65-43-18-15-38(16-19-43)30-59(62)35-70(58(81)82)32-41(59)33-72(56(79)37(3)73)52(40-23-27-83-28-24-40)53-66-47(44-29-42(60)17-20-45(44)61)34-69(53)31-39-11-6-4-7-12-39/h4,6-7,11-12,15-22,29,34,36-37,40-41,46,51-52,73H,5,8-10,13-14,23-28,30-33,35H2,1-3H3,(H,65,77)(H,67,78)(H,68,74)(H,81,82)(H3,63,64,80)/t37-,41-,46?,51-,52-,59-/m0/s1. The predicted octanol–water partition coefficient (Wildman–Crippen LogP) is 5.61. The molecule has 1 unspecified atom stereocenters. The number of aliphatic hydroxyl groups is 1. The van der Waals surface area contributed by atoms with Gasteiger partial charge < -0.3 is 56.3 Å². The highest BCUT2D eigenvalue weighted by molar-refractivity contribution is 6.12. The average Bonchev–Trinajstić information content (AvgIpc) is 3.10. The molecule has 21 nitrogen and oxygen atoms in total. The number of hydrogen-bond donors (Lipinski definition) is 7. The molecule has 9 amide bonds. The van der Waals surface area contributed by atoms with E-state index in [-0.39, 0.29) is 86.4 Å². The molecular weight excluding hydrogens is 1080 g/mol. The number of likely N-dealkylation sites (tertiary alicyclic amines) is 1. The molecule has 446 valence electrons. The number of carbonyl (C=O) groups is 8. The lowest BCUT2D eigenvalue weighted by Gasteiger charge is -2.41. The number of urea groups is 1. The molecule has 2 fully saturated rings. The van der Waals surface area contributed by atoms with Crippen molar-refractivity contribution >= 4 is 53.3 Å². The zero-order valence-corrected chi connectivity index (χ0v) is 46.7. The minimum absolute atomic E-state index is 0.0314. The fourth-order valence-corrected chi connectivity index (χ4v) is 10.8. The van der Waals surface area contributed by atoms with Gasteiger partial charge in [-0.05, 0) is 98.7 Å². The fraction of sp³-hybridized carbons (Fsp3) is 0.475. The molecule has 1 aromatic heterocycles. The van der Waals surface area contributed by atoms with E-state index in [1.165, 1.54) is 36.1 Å². The Balaban J connectivity index is 1.09. The summed E-state index contributed by atoms with van der Waals surface area (Å²) in [4.78, 5) is 112. The normalized spacial score (nSPS) is 18.6. The van der Waals surface area contributed by atoms with Gasteiger partial charge in [0.15, 0.2) is 0 Å². The molecule has 0 bridgehead atoms. The molecule has 7 rings (SSSR count). The number of ether oxygens (including phenoxy) is 1. The van der Waals surface area contributed by atoms with E-state index in [0.717, 1.165) is 33.6 Å². The number of unbranched alkanes of at least 4 members (excludes halogenated alkanes) is 2. The Kier molecular flexibility index (Phi) is 21.6. The van der Waals surface area contributed by atoms with Crippen LogP contribution in [0.3, 0.4) is 0 Å². The first kappa shape index (κ1) is 62.5. The maximum absolute atomic E-state index is 18.2. The van der Waals surface area contributed by atoms with Gasteiger partial charge in [0.2, 0.25) is 17.7 Å². The number of rotatable bonds is 27. The molecule has 3 aromatic carbocycles. The highest BCUT2D eigenvalue weighted by atomic mass is 19.1. The summed E-state index contributed by atoms with van der Waals surface area (Å²) in [5.41, 5.74) is 4.31. The Labute approximate surface area is 479 Å². The number of hydrogen-bond acceptors (Lipinski definition) is 11. The molecule has 2 saturated heterocycles. The summed E-state index contributed by atoms with van der Waals surface area (Å²) >= 11 is 0. The minimum atomic E-state index is -2.32. The summed E-state index contributed by atoms with van der Waals surface area (Å²) in [6.45, 7) is 4.47. The van der Waals surface area contributed by atoms with E-state index in [1.54, 1.807) is 36.7 Å². The zero-order valence-electron chi connectivity index (χ0n) is 46.7. The molecule has 8 N–H and O–H groups in total. The Hall–Kier alpha value is -8.12. The SMILES string of the molecule is CC(C)[C@H](NC(=O)CCCCCN1C(=O)C=CC1=O)C(=O)NC(CCCNC(N)=O)C(=O)Nc1ccc(C[C@]2(F)CN(C(=O)O)C[C@H]2CN(C(=O)[C@H](C)O)[C@H](c2nc(-c3cc(F)ccc3F)cn2Cc2ccccc2)C2CCOCC2)cc1. The third kappa shape index (κ3) is 16.8. The molecule has 24 heteroatoms. The number of imide groups is 1. The van der Waals surface area contributed by atoms with Crippen molar-refractivity contribution in [2.75, 3.05) is 51.3 Å². The zero-order chi connectivity index (χ0) is 60.0. The van der Waals surface area contributed by atoms with Crippen LogP contribution in [0.4, 0.5) is 28.4 Å². The van der Waals surface area contributed by atoms with Crippen LogP contribution in [-0.2, 0) is 46.5 Å². The van der Waals surface area contributed by atoms with Crippen LogP contribution >= 0.6 is 0 Å². The summed E-state index contributed by atoms with van der Waals surface area (Å²) in [5.74, 6) is -6.47. The summed E-state index contributed by atoms with van der Waals surface area (Å²) in [7, 11) is 0. The third-order valence-corrected chi connectivity index (χ3v) is 15.2. The molecule has 0 saturated carbocycles. The van der Waals surface area contributed by atoms with Crippen molar-refractivity contribution in [1.82, 2.24) is 40.2 Å². The second-order valence-corrected chi connectivity index (χ2v) is 21.8. The first-order valence-electron chi connectivity index (χ1n) is 28.0. The van der Waals surface area contributed by atoms with E-state index >= 15 is 8.78 Å². The van der Waals surface area contributed by atoms with Crippen LogP contribution in [0, 0.1) is 29.4 Å². The van der Waals surface area contributed by atoms with Crippen LogP contribution in [0.15, 0.2) is 91.1 Å². The van der Waals surface area contributed by atoms with Gasteiger partial charge in [-0.15, -0.1) is 0 Å². The van der Waals surface area contributed by atoms with E-state index in [9.17, 15) is 53.0 Å². The molecule has 0 radical (unpaired) electrons. The monoisotopic (exact) mass is 1150 g/mol. The maximum atomic E-state index is 18.2. The van der Waals surface area contributed by atoms with E-state index < -0.39 is 108 Å². The number of benzene rings is 3. The van der Waals surface area contributed by atoms with E-state index in [1.807, 2.05) is 30.3 Å². The summed E-state index contributed by atoms with van der Waals surface area (Å²) < 4.78 is 55.8. The van der Waals surface area contributed by atoms with Crippen molar-refractivity contribution in [1.29, 1.82) is 0 Å². The number of carboxylic acid groups (broad SMARTS) is 1. The molecule has 3 aliphatic rings. The van der Waals surface area contributed by atoms with Crippen molar-refractivity contribution < 1.29 is 66.5 Å². The Bertz CT molecular complexity index is 2970. The van der Waals surface area contributed by atoms with Crippen molar-refractivity contribution in [2.24, 2.45) is 23.5 Å². The van der Waals surface area contributed by atoms with Crippen molar-refractivity contribution in [2.45, 2.75) is 115 Å². The van der Waals surface area contributed by atoms with Crippen LogP contribution < -0.4 is 27.0 Å². The average molecular weight is 1160 g/mol. The van der Waals surface area contributed by atoms with Gasteiger partial charge in [0.25, 0.3) is 17.7 Å². The van der Waals surface area contributed by atoms with Crippen molar-refractivity contribution in [3.8, 4) is 11.3 Å². The largest absolute Gasteiger partial charge is 0.465 e. The van der Waals surface area contributed by atoms with Gasteiger partial charge in [0, 0.05) is 94.3 Å². The lowest BCUT2D eigenvalue weighted by atomic mass is 9.84. The Morgan fingerprint density at radius 1 is 0.880 bits per heavy atom. The summed E-state index contributed by atoms with van der Waals surface area (Å²) in [6, 6.07) is 14.3. The predicted molar refractivity (Wildman–Crippen MR) is 298 cm³/mol. The number of aromatic nitrogens is 2. The van der Waals surface area contributed by atoms with Gasteiger partial charge in [0.05, 0.1) is 18.3 Å². The van der Waals surface area contributed by atoms with Gasteiger partial charge in [-0.25, -0.2) is 27.7 Å². The molecule has 6 atom stereocenters. The Morgan fingerprint density at radius 2 is 1.58 bits per heavy atom. The summed E-state index contributed by atoms with van der Waals surface area (Å²) in [5, 5.41) is 32.1. The van der Waals surface area contributed by atoms with Gasteiger partial charge in [-0.2, -0.15) is 0 Å². The lowest BCUT2D eigenvalue weighted by molar-refractivity contribution is -0.146. The number of aliphatic hydroxyl groups excluding tert-OH is 1. The molecular formula is C59H73F3N10O11. The molecule has 4 heterocycles. The van der Waals surface area contributed by atoms with Gasteiger partial charge in [0.1, 0.15) is 41.3 Å². The summed E-state index contributed by atoms with van der Waals surface area (Å²) in [6.07, 6.45) is 3.15. The first-order valence-corrected chi connectivity index (χ1v) is 28.0. The lowest BCUT2D eigenvalue weighted by Crippen LogP contribution is -2.54. The number of carbonyl (C=O) groups excluding carboxylic acids is 7. The van der Waals surface area contributed by atoms with Gasteiger partial charge in [-0.3, -0.25) is 33.7 Å². The number of anilines is 1. The Morgan fingerprint density at radius 3 is 2.23 bits per heavy atom. The van der Waals surface area contributed by atoms with E-state index in [2.05, 4.69) is 21.3 Å². The minimum Gasteiger partial charge on any atom is -0.465 e. The number of amides is 9. The quantitative estimate of drug-likeness (QED) is 0.0283. The first-order chi connectivity index (χ1) is 39.6. The number of alkyl halides is 1.